The fourth-order valence-electron chi connectivity index (χ4n) is 3.83. The van der Waals surface area contributed by atoms with Crippen molar-refractivity contribution in [3.8, 4) is 0 Å². The normalized spacial score (nSPS) is 38.6. The van der Waals surface area contributed by atoms with Crippen molar-refractivity contribution in [1.29, 1.82) is 0 Å². The summed E-state index contributed by atoms with van der Waals surface area (Å²) in [7, 11) is -0.518. The van der Waals surface area contributed by atoms with Gasteiger partial charge in [0.1, 0.15) is 0 Å². The van der Waals surface area contributed by atoms with Crippen LogP contribution in [0, 0.1) is 0 Å². The summed E-state index contributed by atoms with van der Waals surface area (Å²) in [5, 5.41) is 3.77. The first-order chi connectivity index (χ1) is 8.27. The predicted octanol–water partition coefficient (Wildman–Crippen LogP) is 1.12. The molecule has 2 aliphatic heterocycles. The molecule has 0 amide bonds. The SMILES string of the molecule is O=S1CCC(N2CCNC3(CCCC3)C2)CC1. The van der Waals surface area contributed by atoms with Crippen LogP contribution in [0.3, 0.4) is 0 Å². The van der Waals surface area contributed by atoms with Crippen molar-refractivity contribution in [2.24, 2.45) is 0 Å². The molecule has 1 saturated carbocycles. The Balaban J connectivity index is 1.61. The lowest BCUT2D eigenvalue weighted by atomic mass is 9.93. The number of piperazine rings is 1. The summed E-state index contributed by atoms with van der Waals surface area (Å²) in [6, 6.07) is 0.715. The van der Waals surface area contributed by atoms with Crippen LogP contribution < -0.4 is 5.32 Å². The van der Waals surface area contributed by atoms with Crippen molar-refractivity contribution in [1.82, 2.24) is 10.2 Å². The van der Waals surface area contributed by atoms with E-state index < -0.39 is 10.8 Å². The Morgan fingerprint density at radius 2 is 1.88 bits per heavy atom. The van der Waals surface area contributed by atoms with Gasteiger partial charge in [-0.25, -0.2) is 0 Å². The molecular formula is C13H24N2OS. The Morgan fingerprint density at radius 3 is 2.59 bits per heavy atom. The molecule has 0 aromatic heterocycles. The zero-order chi connectivity index (χ0) is 11.7. The number of rotatable bonds is 1. The molecule has 0 atom stereocenters. The molecule has 0 bridgehead atoms. The molecule has 0 unspecified atom stereocenters. The van der Waals surface area contributed by atoms with Gasteiger partial charge in [-0.15, -0.1) is 0 Å². The zero-order valence-corrected chi connectivity index (χ0v) is 11.4. The van der Waals surface area contributed by atoms with Crippen molar-refractivity contribution < 1.29 is 4.21 Å². The maximum Gasteiger partial charge on any atom is 0.0309 e. The van der Waals surface area contributed by atoms with Crippen molar-refractivity contribution in [2.75, 3.05) is 31.1 Å². The van der Waals surface area contributed by atoms with Gasteiger partial charge in [-0.3, -0.25) is 9.11 Å². The number of nitrogens with zero attached hydrogens (tertiary/aromatic N) is 1. The van der Waals surface area contributed by atoms with Gasteiger partial charge in [-0.05, 0) is 25.7 Å². The van der Waals surface area contributed by atoms with Crippen LogP contribution in [-0.4, -0.2) is 51.8 Å². The molecule has 2 heterocycles. The molecule has 4 heteroatoms. The second kappa shape index (κ2) is 4.98. The Kier molecular flexibility index (Phi) is 3.55. The molecule has 3 aliphatic rings. The summed E-state index contributed by atoms with van der Waals surface area (Å²) in [6.07, 6.45) is 7.83. The maximum atomic E-state index is 11.4. The Bertz CT molecular complexity index is 292. The lowest BCUT2D eigenvalue weighted by Gasteiger charge is -2.45. The smallest absolute Gasteiger partial charge is 0.0309 e. The molecule has 1 N–H and O–H groups in total. The van der Waals surface area contributed by atoms with Crippen LogP contribution in [0.2, 0.25) is 0 Å². The van der Waals surface area contributed by atoms with Crippen molar-refractivity contribution in [3.05, 3.63) is 0 Å². The van der Waals surface area contributed by atoms with Gasteiger partial charge in [0.25, 0.3) is 0 Å². The monoisotopic (exact) mass is 256 g/mol. The van der Waals surface area contributed by atoms with Crippen LogP contribution >= 0.6 is 0 Å². The van der Waals surface area contributed by atoms with Crippen molar-refractivity contribution >= 4 is 10.8 Å². The number of hydrogen-bond donors (Lipinski definition) is 1. The van der Waals surface area contributed by atoms with Gasteiger partial charge in [0.05, 0.1) is 0 Å². The molecule has 0 aromatic carbocycles. The molecule has 98 valence electrons. The van der Waals surface area contributed by atoms with Gasteiger partial charge in [0.15, 0.2) is 0 Å². The topological polar surface area (TPSA) is 32.3 Å². The largest absolute Gasteiger partial charge is 0.309 e. The van der Waals surface area contributed by atoms with Crippen LogP contribution in [-0.2, 0) is 10.8 Å². The summed E-state index contributed by atoms with van der Waals surface area (Å²) in [4.78, 5) is 2.69. The fourth-order valence-corrected chi connectivity index (χ4v) is 5.11. The molecule has 3 nitrogen and oxygen atoms in total. The lowest BCUT2D eigenvalue weighted by Crippen LogP contribution is -2.61. The first-order valence-electron chi connectivity index (χ1n) is 7.12. The van der Waals surface area contributed by atoms with E-state index in [-0.39, 0.29) is 0 Å². The van der Waals surface area contributed by atoms with Gasteiger partial charge >= 0.3 is 0 Å². The first kappa shape index (κ1) is 12.1. The van der Waals surface area contributed by atoms with Crippen LogP contribution in [0.25, 0.3) is 0 Å². The fraction of sp³-hybridized carbons (Fsp3) is 1.00. The van der Waals surface area contributed by atoms with Crippen molar-refractivity contribution in [3.63, 3.8) is 0 Å². The average Bonchev–Trinajstić information content (AvgIpc) is 2.78. The van der Waals surface area contributed by atoms with E-state index in [1.807, 2.05) is 0 Å². The third kappa shape index (κ3) is 2.59. The minimum atomic E-state index is -0.518. The molecule has 17 heavy (non-hydrogen) atoms. The zero-order valence-electron chi connectivity index (χ0n) is 10.6. The van der Waals surface area contributed by atoms with E-state index in [4.69, 9.17) is 0 Å². The van der Waals surface area contributed by atoms with E-state index in [1.54, 1.807) is 0 Å². The Morgan fingerprint density at radius 1 is 1.18 bits per heavy atom. The summed E-state index contributed by atoms with van der Waals surface area (Å²) in [5.74, 6) is 1.86. The van der Waals surface area contributed by atoms with Gasteiger partial charge in [-0.2, -0.15) is 0 Å². The highest BCUT2D eigenvalue weighted by Crippen LogP contribution is 2.33. The van der Waals surface area contributed by atoms with E-state index in [0.29, 0.717) is 11.6 Å². The van der Waals surface area contributed by atoms with Gasteiger partial charge in [-0.1, -0.05) is 12.8 Å². The van der Waals surface area contributed by atoms with Crippen LogP contribution in [0.1, 0.15) is 38.5 Å². The Labute approximate surface area is 107 Å². The molecule has 1 spiro atoms. The number of nitrogens with one attached hydrogen (secondary N) is 1. The van der Waals surface area contributed by atoms with E-state index in [2.05, 4.69) is 10.2 Å². The van der Waals surface area contributed by atoms with E-state index in [1.165, 1.54) is 38.8 Å². The lowest BCUT2D eigenvalue weighted by molar-refractivity contribution is 0.0890. The third-order valence-electron chi connectivity index (χ3n) is 4.84. The van der Waals surface area contributed by atoms with Gasteiger partial charge < -0.3 is 5.32 Å². The summed E-state index contributed by atoms with van der Waals surface area (Å²) in [5.41, 5.74) is 0.439. The maximum absolute atomic E-state index is 11.4. The standard InChI is InChI=1S/C13H24N2OS/c16-17-9-3-12(4-10-17)15-8-7-14-13(11-15)5-1-2-6-13/h12,14H,1-11H2. The summed E-state index contributed by atoms with van der Waals surface area (Å²) in [6.45, 7) is 3.59. The average molecular weight is 256 g/mol. The van der Waals surface area contributed by atoms with Gasteiger partial charge in [0, 0.05) is 53.5 Å². The predicted molar refractivity (Wildman–Crippen MR) is 71.7 cm³/mol. The van der Waals surface area contributed by atoms with E-state index >= 15 is 0 Å². The molecule has 2 saturated heterocycles. The highest BCUT2D eigenvalue weighted by Gasteiger charge is 2.39. The molecule has 0 aromatic rings. The molecule has 1 aliphatic carbocycles. The van der Waals surface area contributed by atoms with Gasteiger partial charge in [0.2, 0.25) is 0 Å². The minimum absolute atomic E-state index is 0.439. The summed E-state index contributed by atoms with van der Waals surface area (Å²) < 4.78 is 11.4. The highest BCUT2D eigenvalue weighted by molar-refractivity contribution is 7.85. The second-order valence-corrected chi connectivity index (χ2v) is 7.66. The van der Waals surface area contributed by atoms with Crippen LogP contribution in [0.15, 0.2) is 0 Å². The quantitative estimate of drug-likeness (QED) is 0.763. The Hall–Kier alpha value is 0.0700. The molecule has 3 fully saturated rings. The minimum Gasteiger partial charge on any atom is -0.309 e. The van der Waals surface area contributed by atoms with E-state index in [9.17, 15) is 4.21 Å². The molecule has 0 radical (unpaired) electrons. The van der Waals surface area contributed by atoms with E-state index in [0.717, 1.165) is 30.9 Å². The number of hydrogen-bond acceptors (Lipinski definition) is 3. The van der Waals surface area contributed by atoms with Crippen LogP contribution in [0.5, 0.6) is 0 Å². The first-order valence-corrected chi connectivity index (χ1v) is 8.60. The molecular weight excluding hydrogens is 232 g/mol. The van der Waals surface area contributed by atoms with Crippen molar-refractivity contribution in [2.45, 2.75) is 50.1 Å². The molecule has 3 rings (SSSR count). The third-order valence-corrected chi connectivity index (χ3v) is 6.22. The second-order valence-electron chi connectivity index (χ2n) is 5.96. The highest BCUT2D eigenvalue weighted by atomic mass is 32.2. The summed E-state index contributed by atoms with van der Waals surface area (Å²) >= 11 is 0. The van der Waals surface area contributed by atoms with Crippen LogP contribution in [0.4, 0.5) is 0 Å².